The molecule has 0 radical (unpaired) electrons. The maximum atomic E-state index is 13.7. The van der Waals surface area contributed by atoms with Crippen molar-refractivity contribution >= 4 is 76.0 Å². The van der Waals surface area contributed by atoms with Crippen molar-refractivity contribution in [1.29, 1.82) is 0 Å². The van der Waals surface area contributed by atoms with Gasteiger partial charge in [0.1, 0.15) is 17.1 Å². The third-order valence-electron chi connectivity index (χ3n) is 10.9. The van der Waals surface area contributed by atoms with Gasteiger partial charge in [0, 0.05) is 83.8 Å². The van der Waals surface area contributed by atoms with Crippen LogP contribution in [0.4, 0.5) is 34.3 Å². The van der Waals surface area contributed by atoms with Crippen LogP contribution in [0.2, 0.25) is 0 Å². The summed E-state index contributed by atoms with van der Waals surface area (Å²) in [5.41, 5.74) is 4.62. The second-order valence-electron chi connectivity index (χ2n) is 15.5. The highest BCUT2D eigenvalue weighted by Crippen LogP contribution is 2.41. The number of rotatable bonds is 14. The number of nitrogens with one attached hydrogen (secondary N) is 4. The number of esters is 1. The monoisotopic (exact) mass is 883 g/mol. The van der Waals surface area contributed by atoms with Crippen LogP contribution in [0.25, 0.3) is 0 Å². The minimum atomic E-state index is -0.597. The molecule has 6 aromatic rings. The summed E-state index contributed by atoms with van der Waals surface area (Å²) in [6.45, 7) is 0.175. The van der Waals surface area contributed by atoms with Gasteiger partial charge in [0.15, 0.2) is 17.3 Å². The molecule has 4 N–H and O–H groups in total. The number of hydrogen-bond acceptors (Lipinski definition) is 11. The smallest absolute Gasteiger partial charge is 0.354 e. The Bertz CT molecular complexity index is 2940. The molecule has 1 unspecified atom stereocenters. The van der Waals surface area contributed by atoms with Gasteiger partial charge in [-0.2, -0.15) is 0 Å². The number of ether oxygens (including phenoxy) is 3. The van der Waals surface area contributed by atoms with Crippen molar-refractivity contribution in [1.82, 2.24) is 23.3 Å². The first-order valence-corrected chi connectivity index (χ1v) is 20.4. The van der Waals surface area contributed by atoms with E-state index in [9.17, 15) is 28.8 Å². The molecule has 0 bridgehead atoms. The quantitative estimate of drug-likeness (QED) is 0.0839. The van der Waals surface area contributed by atoms with Crippen molar-refractivity contribution in [2.75, 3.05) is 47.0 Å². The predicted molar refractivity (Wildman–Crippen MR) is 240 cm³/mol. The van der Waals surface area contributed by atoms with E-state index >= 15 is 0 Å². The van der Waals surface area contributed by atoms with Crippen LogP contribution in [0.3, 0.4) is 0 Å². The Labute approximate surface area is 371 Å². The Morgan fingerprint density at radius 3 is 2.05 bits per heavy atom. The molecule has 4 aromatic heterocycles. The number of aryl methyl sites for hydroxylation is 4. The molecule has 65 heavy (non-hydrogen) atoms. The minimum absolute atomic E-state index is 0.0190. The number of aromatic nitrogens is 5. The average molecular weight is 884 g/mol. The normalized spacial score (nSPS) is 13.6. The van der Waals surface area contributed by atoms with Crippen molar-refractivity contribution in [2.45, 2.75) is 25.3 Å². The number of imidazole rings is 1. The van der Waals surface area contributed by atoms with E-state index in [1.165, 1.54) is 52.3 Å². The molecule has 0 spiro atoms. The van der Waals surface area contributed by atoms with Crippen LogP contribution in [-0.2, 0) is 44.1 Å². The molecule has 2 aromatic carbocycles. The Morgan fingerprint density at radius 2 is 1.35 bits per heavy atom. The first kappa shape index (κ1) is 43.2. The van der Waals surface area contributed by atoms with Gasteiger partial charge in [-0.3, -0.25) is 33.9 Å². The molecule has 0 aliphatic carbocycles. The molecule has 0 fully saturated rings. The number of nitrogens with zero attached hydrogens (tertiary/aromatic N) is 7. The molecule has 0 saturated heterocycles. The van der Waals surface area contributed by atoms with E-state index in [-0.39, 0.29) is 59.6 Å². The molecule has 6 heterocycles. The molecule has 0 saturated carbocycles. The number of methoxy groups -OCH3 is 2. The summed E-state index contributed by atoms with van der Waals surface area (Å²) in [4.78, 5) is 89.0. The Hall–Kier alpha value is -8.42. The minimum Gasteiger partial charge on any atom is -0.493 e. The maximum absolute atomic E-state index is 13.7. The van der Waals surface area contributed by atoms with Crippen molar-refractivity contribution in [3.63, 3.8) is 0 Å². The van der Waals surface area contributed by atoms with E-state index in [1.54, 1.807) is 74.6 Å². The molecule has 20 nitrogen and oxygen atoms in total. The van der Waals surface area contributed by atoms with Gasteiger partial charge in [0.25, 0.3) is 23.6 Å². The number of aliphatic imine (C=N–C) groups is 1. The summed E-state index contributed by atoms with van der Waals surface area (Å²) < 4.78 is 22.4. The largest absolute Gasteiger partial charge is 0.493 e. The molecule has 5 amide bonds. The third kappa shape index (κ3) is 8.81. The van der Waals surface area contributed by atoms with E-state index in [2.05, 4.69) is 31.2 Å². The zero-order valence-corrected chi connectivity index (χ0v) is 36.3. The van der Waals surface area contributed by atoms with Gasteiger partial charge >= 0.3 is 5.97 Å². The molecule has 334 valence electrons. The number of carbonyl (C=O) groups is 6. The van der Waals surface area contributed by atoms with Crippen LogP contribution >= 0.6 is 0 Å². The van der Waals surface area contributed by atoms with Crippen LogP contribution in [0.15, 0.2) is 84.4 Å². The summed E-state index contributed by atoms with van der Waals surface area (Å²) in [6.07, 6.45) is 9.13. The zero-order chi connectivity index (χ0) is 46.1. The highest BCUT2D eigenvalue weighted by atomic mass is 16.5. The fourth-order valence-electron chi connectivity index (χ4n) is 7.78. The summed E-state index contributed by atoms with van der Waals surface area (Å²) in [6, 6.07) is 15.4. The number of para-hydroxylation sites is 1. The molecular weight excluding hydrogens is 839 g/mol. The van der Waals surface area contributed by atoms with Crippen molar-refractivity contribution < 1.29 is 43.0 Å². The van der Waals surface area contributed by atoms with E-state index in [1.807, 2.05) is 24.3 Å². The lowest BCUT2D eigenvalue weighted by Gasteiger charge is -2.22. The number of benzene rings is 2. The molecule has 20 heteroatoms. The summed E-state index contributed by atoms with van der Waals surface area (Å²) in [7, 11) is 9.29. The Morgan fingerprint density at radius 1 is 0.723 bits per heavy atom. The standard InChI is InChI=1S/C45H45N11O9/c1-52-21-26(47-39(57)12-9-13-65-37-19-31-30(18-36(37)63-5)44(61)56-29(20-46-31)14-25-10-7-8-11-32(25)56)15-34(52)42(59)51-38-24-55(4)40(50-38)43(60)49-27-16-33(53(2)22-27)41(58)48-28-17-35(45(62)64-6)54(3)23-28/h7-8,10-11,15-24,29H,9,12-14H2,1-6H3,(H,47,57)(H,48,58)(H,49,60)(H,51,59). The van der Waals surface area contributed by atoms with E-state index in [0.717, 1.165) is 11.3 Å². The highest BCUT2D eigenvalue weighted by molar-refractivity contribution is 6.15. The Kier molecular flexibility index (Phi) is 11.8. The van der Waals surface area contributed by atoms with Gasteiger partial charge < -0.3 is 53.7 Å². The van der Waals surface area contributed by atoms with Gasteiger partial charge in [-0.05, 0) is 42.3 Å². The number of amides is 5. The third-order valence-corrected chi connectivity index (χ3v) is 10.9. The first-order valence-electron chi connectivity index (χ1n) is 20.4. The summed E-state index contributed by atoms with van der Waals surface area (Å²) >= 11 is 0. The molecule has 8 rings (SSSR count). The lowest BCUT2D eigenvalue weighted by Crippen LogP contribution is -2.37. The maximum Gasteiger partial charge on any atom is 0.354 e. The predicted octanol–water partition coefficient (Wildman–Crippen LogP) is 5.07. The highest BCUT2D eigenvalue weighted by Gasteiger charge is 2.36. The van der Waals surface area contributed by atoms with Crippen molar-refractivity contribution in [3.05, 3.63) is 113 Å². The average Bonchev–Trinajstić information content (AvgIpc) is 4.09. The lowest BCUT2D eigenvalue weighted by molar-refractivity contribution is -0.116. The van der Waals surface area contributed by atoms with Gasteiger partial charge in [0.05, 0.1) is 55.2 Å². The topological polar surface area (TPSA) is 226 Å². The summed E-state index contributed by atoms with van der Waals surface area (Å²) in [5.74, 6) is -1.78. The number of carbonyl (C=O) groups excluding carboxylic acids is 6. The van der Waals surface area contributed by atoms with Gasteiger partial charge in [0.2, 0.25) is 11.7 Å². The number of fused-ring (bicyclic) bond motifs is 4. The number of hydrogen-bond donors (Lipinski definition) is 4. The molecule has 2 aliphatic heterocycles. The summed E-state index contributed by atoms with van der Waals surface area (Å²) in [5, 5.41) is 11.0. The van der Waals surface area contributed by atoms with Crippen molar-refractivity contribution in [2.24, 2.45) is 33.2 Å². The lowest BCUT2D eigenvalue weighted by atomic mass is 10.1. The van der Waals surface area contributed by atoms with Crippen LogP contribution in [0.5, 0.6) is 11.5 Å². The second kappa shape index (κ2) is 17.8. The van der Waals surface area contributed by atoms with Crippen LogP contribution < -0.4 is 35.6 Å². The fraction of sp³-hybridized carbons (Fsp3) is 0.244. The van der Waals surface area contributed by atoms with Crippen LogP contribution in [0, 0.1) is 0 Å². The van der Waals surface area contributed by atoms with Gasteiger partial charge in [-0.15, -0.1) is 0 Å². The number of anilines is 5. The van der Waals surface area contributed by atoms with Crippen LogP contribution in [0.1, 0.15) is 70.8 Å². The fourth-order valence-corrected chi connectivity index (χ4v) is 7.78. The van der Waals surface area contributed by atoms with E-state index in [4.69, 9.17) is 14.2 Å². The molecule has 1 atom stereocenters. The van der Waals surface area contributed by atoms with Crippen LogP contribution in [-0.4, -0.2) is 91.8 Å². The zero-order valence-electron chi connectivity index (χ0n) is 36.3. The second-order valence-corrected chi connectivity index (χ2v) is 15.5. The van der Waals surface area contributed by atoms with E-state index < -0.39 is 23.7 Å². The van der Waals surface area contributed by atoms with Crippen molar-refractivity contribution in [3.8, 4) is 11.5 Å². The van der Waals surface area contributed by atoms with Gasteiger partial charge in [-0.1, -0.05) is 18.2 Å². The SMILES string of the molecule is COC(=O)c1cc(NC(=O)c2cc(NC(=O)c3nc(NC(=O)c4cc(NC(=O)CCCOc5cc6c(cc5OC)C(=O)N5c7ccccc7CC5C=N6)cn4C)cn3C)cn2C)cn1C. The molecular formula is C45H45N11O9. The Balaban J connectivity index is 0.822. The molecule has 2 aliphatic rings. The van der Waals surface area contributed by atoms with Gasteiger partial charge in [-0.25, -0.2) is 9.78 Å². The first-order chi connectivity index (χ1) is 31.2. The van der Waals surface area contributed by atoms with E-state index in [0.29, 0.717) is 52.7 Å².